The molecule has 4 aliphatic carbocycles. The molecule has 0 radical (unpaired) electrons. The standard InChI is InChI=1S/2C40H55ClN2O5Si/c2*1-39(2,3)49(6,7)48-35-12-8-9-20-42(4)37(44)23-32(38(45)46-5)27-14-18-36-34(22-27)43(24-29-13-16-31(29)35)25-40(26-47-36)19-10-11-28-21-30(41)15-17-33(28)40/h2*8,12,14-15,17-18,21-22,29,31-32,35H,9-11,13,16,19-20,23-26H2,1-7H3/b2*12-8+/t29-,31+,32+,35-,40-;29-,31+,32-,35-,40-/m00/s1. The van der Waals surface area contributed by atoms with Gasteiger partial charge in [0.2, 0.25) is 11.8 Å². The maximum atomic E-state index is 13.5. The van der Waals surface area contributed by atoms with Crippen molar-refractivity contribution >= 4 is 75.0 Å². The Kier molecular flexibility index (Phi) is 22.3. The molecular formula is C80H110Cl2N4O10Si2. The molecule has 4 heterocycles. The van der Waals surface area contributed by atoms with Crippen LogP contribution >= 0.6 is 23.2 Å². The number of halogens is 2. The van der Waals surface area contributed by atoms with Crippen LogP contribution in [0.4, 0.5) is 11.4 Å². The smallest absolute Gasteiger partial charge is 0.313 e. The Morgan fingerprint density at radius 3 is 1.32 bits per heavy atom. The number of amides is 2. The molecule has 10 atom stereocenters. The van der Waals surface area contributed by atoms with Gasteiger partial charge in [0.25, 0.3) is 0 Å². The summed E-state index contributed by atoms with van der Waals surface area (Å²) >= 11 is 13.0. The molecule has 0 N–H and O–H groups in total. The van der Waals surface area contributed by atoms with E-state index in [1.165, 1.54) is 36.5 Å². The number of aryl methyl sites for hydroxylation is 2. The Balaban J connectivity index is 0.000000198. The summed E-state index contributed by atoms with van der Waals surface area (Å²) in [4.78, 5) is 62.1. The van der Waals surface area contributed by atoms with Gasteiger partial charge in [-0.1, -0.05) is 113 Å². The molecule has 98 heavy (non-hydrogen) atoms. The Bertz CT molecular complexity index is 3410. The number of rotatable bonds is 6. The number of carbonyl (C=O) groups excluding carboxylic acids is 4. The molecule has 2 amide bonds. The topological polar surface area (TPSA) is 137 Å². The molecule has 2 fully saturated rings. The van der Waals surface area contributed by atoms with Gasteiger partial charge < -0.3 is 47.4 Å². The van der Waals surface area contributed by atoms with Crippen molar-refractivity contribution in [1.29, 1.82) is 0 Å². The summed E-state index contributed by atoms with van der Waals surface area (Å²) < 4.78 is 38.4. The highest BCUT2D eigenvalue weighted by Gasteiger charge is 2.50. The number of carbonyl (C=O) groups is 4. The molecule has 0 saturated heterocycles. The first-order chi connectivity index (χ1) is 46.4. The van der Waals surface area contributed by atoms with E-state index in [0.717, 1.165) is 147 Å². The normalized spacial score (nSPS) is 28.4. The highest BCUT2D eigenvalue weighted by atomic mass is 35.5. The first-order valence-corrected chi connectivity index (χ1v) is 42.9. The Morgan fingerprint density at radius 2 is 0.959 bits per heavy atom. The molecular weight excluding hydrogens is 1300 g/mol. The van der Waals surface area contributed by atoms with E-state index >= 15 is 0 Å². The van der Waals surface area contributed by atoms with Gasteiger partial charge in [-0.15, -0.1) is 0 Å². The highest BCUT2D eigenvalue weighted by molar-refractivity contribution is 6.74. The molecule has 4 bridgehead atoms. The van der Waals surface area contributed by atoms with Gasteiger partial charge in [-0.25, -0.2) is 0 Å². The second-order valence-electron chi connectivity index (χ2n) is 33.0. The quantitative estimate of drug-likeness (QED) is 0.103. The number of nitrogens with zero attached hydrogens (tertiary/aromatic N) is 4. The van der Waals surface area contributed by atoms with E-state index in [-0.39, 0.29) is 57.8 Å². The molecule has 4 aromatic carbocycles. The van der Waals surface area contributed by atoms with Gasteiger partial charge >= 0.3 is 11.9 Å². The van der Waals surface area contributed by atoms with Gasteiger partial charge in [0.05, 0.1) is 62.9 Å². The molecule has 8 aliphatic rings. The van der Waals surface area contributed by atoms with Crippen molar-refractivity contribution in [2.24, 2.45) is 23.7 Å². The monoisotopic (exact) mass is 1410 g/mol. The lowest BCUT2D eigenvalue weighted by Gasteiger charge is -2.48. The van der Waals surface area contributed by atoms with Gasteiger partial charge in [0, 0.05) is 87.1 Å². The summed E-state index contributed by atoms with van der Waals surface area (Å²) in [6.45, 7) is 28.8. The first-order valence-electron chi connectivity index (χ1n) is 36.4. The van der Waals surface area contributed by atoms with Gasteiger partial charge in [-0.2, -0.15) is 0 Å². The Labute approximate surface area is 597 Å². The number of ether oxygens (including phenoxy) is 4. The van der Waals surface area contributed by atoms with Crippen LogP contribution in [0.25, 0.3) is 0 Å². The zero-order valence-corrected chi connectivity index (χ0v) is 64.6. The van der Waals surface area contributed by atoms with E-state index in [9.17, 15) is 19.2 Å². The summed E-state index contributed by atoms with van der Waals surface area (Å²) in [6, 6.07) is 24.8. The molecule has 4 aliphatic heterocycles. The van der Waals surface area contributed by atoms with Crippen molar-refractivity contribution < 1.29 is 47.0 Å². The van der Waals surface area contributed by atoms with Crippen LogP contribution in [-0.4, -0.2) is 143 Å². The van der Waals surface area contributed by atoms with Crippen LogP contribution in [0.2, 0.25) is 46.3 Å². The number of hydrogen-bond acceptors (Lipinski definition) is 12. The minimum atomic E-state index is -2.06. The fraction of sp³-hybridized carbons (Fsp3) is 0.600. The van der Waals surface area contributed by atoms with Crippen molar-refractivity contribution in [2.45, 2.75) is 203 Å². The largest absolute Gasteiger partial charge is 0.490 e. The van der Waals surface area contributed by atoms with Gasteiger partial charge in [-0.3, -0.25) is 19.2 Å². The number of methoxy groups -OCH3 is 2. The second kappa shape index (κ2) is 29.8. The van der Waals surface area contributed by atoms with Crippen molar-refractivity contribution in [1.82, 2.24) is 9.80 Å². The summed E-state index contributed by atoms with van der Waals surface area (Å²) in [7, 11) is 2.31. The lowest BCUT2D eigenvalue weighted by Crippen LogP contribution is -2.52. The van der Waals surface area contributed by atoms with Crippen LogP contribution in [0, 0.1) is 23.7 Å². The van der Waals surface area contributed by atoms with E-state index < -0.39 is 40.4 Å². The van der Waals surface area contributed by atoms with Gasteiger partial charge in [0.1, 0.15) is 11.5 Å². The minimum Gasteiger partial charge on any atom is -0.490 e. The minimum absolute atomic E-state index is 0.0257. The van der Waals surface area contributed by atoms with Crippen LogP contribution in [0.3, 0.4) is 0 Å². The van der Waals surface area contributed by atoms with Crippen LogP contribution in [0.5, 0.6) is 11.5 Å². The third-order valence-electron chi connectivity index (χ3n) is 24.6. The molecule has 0 aromatic heterocycles. The predicted octanol–water partition coefficient (Wildman–Crippen LogP) is 16.6. The average Bonchev–Trinajstić information content (AvgIpc) is 1.53. The lowest BCUT2D eigenvalue weighted by atomic mass is 9.68. The second-order valence-corrected chi connectivity index (χ2v) is 43.4. The summed E-state index contributed by atoms with van der Waals surface area (Å²) in [5.74, 6) is 0.931. The van der Waals surface area contributed by atoms with Crippen molar-refractivity contribution in [3.63, 3.8) is 0 Å². The fourth-order valence-corrected chi connectivity index (χ4v) is 19.2. The molecule has 14 nitrogen and oxygen atoms in total. The molecule has 2 saturated carbocycles. The van der Waals surface area contributed by atoms with Crippen molar-refractivity contribution in [3.8, 4) is 11.5 Å². The zero-order valence-electron chi connectivity index (χ0n) is 61.0. The Morgan fingerprint density at radius 1 is 0.561 bits per heavy atom. The predicted molar refractivity (Wildman–Crippen MR) is 399 cm³/mol. The average molecular weight is 1410 g/mol. The number of esters is 2. The van der Waals surface area contributed by atoms with Crippen LogP contribution < -0.4 is 19.3 Å². The third kappa shape index (κ3) is 15.7. The van der Waals surface area contributed by atoms with Crippen LogP contribution in [-0.2, 0) is 61.2 Å². The number of anilines is 2. The molecule has 18 heteroatoms. The molecule has 12 rings (SSSR count). The summed E-state index contributed by atoms with van der Waals surface area (Å²) in [6.07, 6.45) is 21.4. The van der Waals surface area contributed by atoms with E-state index in [1.54, 1.807) is 9.80 Å². The number of benzene rings is 4. The fourth-order valence-electron chi connectivity index (χ4n) is 16.2. The van der Waals surface area contributed by atoms with E-state index in [2.05, 4.69) is 138 Å². The molecule has 4 aromatic rings. The zero-order chi connectivity index (χ0) is 70.3. The maximum Gasteiger partial charge on any atom is 0.313 e. The maximum absolute atomic E-state index is 13.5. The van der Waals surface area contributed by atoms with Crippen LogP contribution in [0.15, 0.2) is 97.1 Å². The molecule has 0 unspecified atom stereocenters. The third-order valence-corrected chi connectivity index (χ3v) is 34.0. The number of hydrogen-bond donors (Lipinski definition) is 0. The van der Waals surface area contributed by atoms with Crippen LogP contribution in [0.1, 0.15) is 164 Å². The number of fused-ring (bicyclic) bond motifs is 8. The summed E-state index contributed by atoms with van der Waals surface area (Å²) in [5, 5.41) is 1.74. The van der Waals surface area contributed by atoms with E-state index in [0.29, 0.717) is 50.0 Å². The highest BCUT2D eigenvalue weighted by Crippen LogP contribution is 2.52. The Hall–Kier alpha value is -5.63. The van der Waals surface area contributed by atoms with E-state index in [1.807, 2.05) is 50.5 Å². The van der Waals surface area contributed by atoms with Crippen molar-refractivity contribution in [3.05, 3.63) is 141 Å². The summed E-state index contributed by atoms with van der Waals surface area (Å²) in [5.41, 5.74) is 8.42. The first kappa shape index (κ1) is 73.6. The SMILES string of the molecule is COC(=O)[C@@H]1CC(=O)N(C)CC/C=C/[C@H](O[Si](C)(C)C(C)(C)C)[C@@H]2CC[C@H]2CN2C[C@@]3(CCCc4cc(Cl)ccc43)COc3ccc1cc32.COC(=O)[C@H]1CC(=O)N(C)CC/C=C/[C@H](O[Si](C)(C)C(C)(C)C)[C@@H]2CC[C@H]2CN2C[C@@]3(CCCc4cc(Cl)ccc43)COc3ccc1cc32. The van der Waals surface area contributed by atoms with Gasteiger partial charge in [-0.05, 0) is 219 Å². The van der Waals surface area contributed by atoms with Gasteiger partial charge in [0.15, 0.2) is 16.6 Å². The molecule has 532 valence electrons. The van der Waals surface area contributed by atoms with Crippen molar-refractivity contribution in [2.75, 3.05) is 90.6 Å². The lowest BCUT2D eigenvalue weighted by molar-refractivity contribution is -0.145. The van der Waals surface area contributed by atoms with E-state index in [4.69, 9.17) is 51.0 Å². The molecule has 2 spiro atoms.